The van der Waals surface area contributed by atoms with Gasteiger partial charge in [-0.2, -0.15) is 5.10 Å². The molecule has 0 bridgehead atoms. The van der Waals surface area contributed by atoms with Gasteiger partial charge in [0.05, 0.1) is 17.2 Å². The summed E-state index contributed by atoms with van der Waals surface area (Å²) in [5, 5.41) is 6.82. The van der Waals surface area contributed by atoms with Crippen LogP contribution in [0.3, 0.4) is 0 Å². The molecule has 1 aliphatic rings. The third-order valence-electron chi connectivity index (χ3n) is 4.86. The number of hydrogen-bond acceptors (Lipinski definition) is 6. The lowest BCUT2D eigenvalue weighted by Crippen LogP contribution is -2.43. The maximum absolute atomic E-state index is 12.3. The van der Waals surface area contributed by atoms with E-state index in [-0.39, 0.29) is 23.2 Å². The second kappa shape index (κ2) is 8.77. The molecule has 1 aliphatic heterocycles. The molecule has 1 amide bonds. The minimum absolute atomic E-state index is 0.0434. The molecule has 1 aromatic carbocycles. The van der Waals surface area contributed by atoms with Crippen molar-refractivity contribution in [1.82, 2.24) is 15.1 Å². The monoisotopic (exact) mass is 435 g/mol. The Morgan fingerprint density at radius 2 is 1.80 bits per heavy atom. The number of piperidine rings is 1. The maximum atomic E-state index is 12.3. The number of benzene rings is 1. The van der Waals surface area contributed by atoms with E-state index in [4.69, 9.17) is 9.47 Å². The molecule has 0 spiro atoms. The Balaban J connectivity index is 1.68. The Hall–Kier alpha value is -2.39. The lowest BCUT2D eigenvalue weighted by atomic mass is 10.0. The van der Waals surface area contributed by atoms with Gasteiger partial charge in [-0.3, -0.25) is 5.10 Å². The number of likely N-dealkylation sites (tertiary alicyclic amines) is 1. The zero-order valence-electron chi connectivity index (χ0n) is 17.8. The highest BCUT2D eigenvalue weighted by Crippen LogP contribution is 2.30. The fourth-order valence-corrected chi connectivity index (χ4v) is 3.97. The summed E-state index contributed by atoms with van der Waals surface area (Å²) in [6, 6.07) is 6.71. The van der Waals surface area contributed by atoms with E-state index in [2.05, 4.69) is 10.2 Å². The van der Waals surface area contributed by atoms with Crippen molar-refractivity contribution in [2.24, 2.45) is 0 Å². The van der Waals surface area contributed by atoms with Crippen LogP contribution in [0.4, 0.5) is 4.79 Å². The third-order valence-corrected chi connectivity index (χ3v) is 5.98. The van der Waals surface area contributed by atoms with Gasteiger partial charge in [0, 0.05) is 31.1 Å². The predicted octanol–water partition coefficient (Wildman–Crippen LogP) is 3.32. The summed E-state index contributed by atoms with van der Waals surface area (Å²) in [6.07, 6.45) is 5.31. The zero-order chi connectivity index (χ0) is 21.9. The van der Waals surface area contributed by atoms with Crippen molar-refractivity contribution in [1.29, 1.82) is 0 Å². The van der Waals surface area contributed by atoms with Crippen molar-refractivity contribution < 1.29 is 22.7 Å². The molecule has 1 atom stereocenters. The summed E-state index contributed by atoms with van der Waals surface area (Å²) in [4.78, 5) is 14.2. The van der Waals surface area contributed by atoms with Crippen LogP contribution in [0.2, 0.25) is 0 Å². The van der Waals surface area contributed by atoms with Gasteiger partial charge in [-0.25, -0.2) is 13.2 Å². The van der Waals surface area contributed by atoms with E-state index in [1.807, 2.05) is 20.8 Å². The third kappa shape index (κ3) is 5.82. The first-order chi connectivity index (χ1) is 14.0. The number of carbonyl (C=O) groups is 1. The summed E-state index contributed by atoms with van der Waals surface area (Å²) in [5.41, 5.74) is 1.18. The average Bonchev–Trinajstić information content (AvgIpc) is 3.19. The summed E-state index contributed by atoms with van der Waals surface area (Å²) in [7, 11) is -3.26. The van der Waals surface area contributed by atoms with Crippen LogP contribution in [0, 0.1) is 0 Å². The average molecular weight is 436 g/mol. The second-order valence-corrected chi connectivity index (χ2v) is 10.6. The van der Waals surface area contributed by atoms with E-state index >= 15 is 0 Å². The van der Waals surface area contributed by atoms with Gasteiger partial charge in [0.25, 0.3) is 0 Å². The molecule has 0 saturated carbocycles. The van der Waals surface area contributed by atoms with Crippen molar-refractivity contribution in [2.75, 3.05) is 19.3 Å². The summed E-state index contributed by atoms with van der Waals surface area (Å²) in [5.74, 6) is 0. The number of nitrogens with one attached hydrogen (secondary N) is 1. The molecule has 164 valence electrons. The van der Waals surface area contributed by atoms with Crippen molar-refractivity contribution in [3.05, 3.63) is 47.8 Å². The summed E-state index contributed by atoms with van der Waals surface area (Å²) >= 11 is 0. The molecule has 1 saturated heterocycles. The molecule has 1 unspecified atom stereocenters. The number of rotatable bonds is 5. The van der Waals surface area contributed by atoms with Gasteiger partial charge < -0.3 is 14.4 Å². The Morgan fingerprint density at radius 1 is 1.17 bits per heavy atom. The first-order valence-corrected chi connectivity index (χ1v) is 11.8. The highest BCUT2D eigenvalue weighted by Gasteiger charge is 2.29. The van der Waals surface area contributed by atoms with Gasteiger partial charge >= 0.3 is 6.09 Å². The minimum Gasteiger partial charge on any atom is -0.444 e. The SMILES string of the molecule is CC(C)(C)OC(=O)N1CCC(OC(c2ccc(S(C)(=O)=O)cc2)c2cn[nH]c2)CC1. The van der Waals surface area contributed by atoms with E-state index in [9.17, 15) is 13.2 Å². The molecular formula is C21H29N3O5S. The predicted molar refractivity (Wildman–Crippen MR) is 112 cm³/mol. The van der Waals surface area contributed by atoms with Gasteiger partial charge in [-0.1, -0.05) is 12.1 Å². The number of ether oxygens (including phenoxy) is 2. The van der Waals surface area contributed by atoms with E-state index in [0.29, 0.717) is 25.9 Å². The summed E-state index contributed by atoms with van der Waals surface area (Å²) in [6.45, 7) is 6.68. The van der Waals surface area contributed by atoms with Crippen molar-refractivity contribution >= 4 is 15.9 Å². The van der Waals surface area contributed by atoms with Crippen LogP contribution >= 0.6 is 0 Å². The van der Waals surface area contributed by atoms with E-state index in [1.165, 1.54) is 6.26 Å². The molecule has 2 heterocycles. The highest BCUT2D eigenvalue weighted by atomic mass is 32.2. The number of aromatic nitrogens is 2. The zero-order valence-corrected chi connectivity index (χ0v) is 18.6. The van der Waals surface area contributed by atoms with Gasteiger partial charge in [-0.15, -0.1) is 0 Å². The Labute approximate surface area is 177 Å². The number of sulfone groups is 1. The second-order valence-electron chi connectivity index (χ2n) is 8.56. The van der Waals surface area contributed by atoms with Crippen molar-refractivity contribution in [3.63, 3.8) is 0 Å². The molecule has 2 aromatic rings. The standard InChI is InChI=1S/C21H29N3O5S/c1-21(2,3)29-20(25)24-11-9-17(10-12-24)28-19(16-13-22-23-14-16)15-5-7-18(8-6-15)30(4,26)27/h5-8,13-14,17,19H,9-12H2,1-4H3,(H,22,23). The van der Waals surface area contributed by atoms with Gasteiger partial charge in [0.2, 0.25) is 0 Å². The van der Waals surface area contributed by atoms with Gasteiger partial charge in [0.1, 0.15) is 11.7 Å². The lowest BCUT2D eigenvalue weighted by Gasteiger charge is -2.34. The van der Waals surface area contributed by atoms with Crippen LogP contribution in [0.25, 0.3) is 0 Å². The topological polar surface area (TPSA) is 102 Å². The van der Waals surface area contributed by atoms with Crippen LogP contribution in [-0.2, 0) is 19.3 Å². The van der Waals surface area contributed by atoms with Crippen molar-refractivity contribution in [2.45, 2.75) is 56.3 Å². The Kier molecular flexibility index (Phi) is 6.52. The Bertz CT molecular complexity index is 942. The largest absolute Gasteiger partial charge is 0.444 e. The maximum Gasteiger partial charge on any atom is 0.410 e. The number of aromatic amines is 1. The molecule has 0 aliphatic carbocycles. The molecule has 3 rings (SSSR count). The number of nitrogens with zero attached hydrogens (tertiary/aromatic N) is 2. The van der Waals surface area contributed by atoms with Crippen LogP contribution in [-0.4, -0.2) is 60.7 Å². The van der Waals surface area contributed by atoms with Crippen LogP contribution < -0.4 is 0 Å². The molecule has 1 N–H and O–H groups in total. The van der Waals surface area contributed by atoms with Gasteiger partial charge in [0.15, 0.2) is 9.84 Å². The van der Waals surface area contributed by atoms with E-state index in [1.54, 1.807) is 41.6 Å². The molecule has 9 heteroatoms. The smallest absolute Gasteiger partial charge is 0.410 e. The van der Waals surface area contributed by atoms with Crippen LogP contribution in [0.15, 0.2) is 41.6 Å². The van der Waals surface area contributed by atoms with Crippen LogP contribution in [0.1, 0.15) is 50.8 Å². The number of H-pyrrole nitrogens is 1. The van der Waals surface area contributed by atoms with Gasteiger partial charge in [-0.05, 0) is 51.3 Å². The van der Waals surface area contributed by atoms with E-state index < -0.39 is 15.4 Å². The molecule has 1 aromatic heterocycles. The minimum atomic E-state index is -3.26. The quantitative estimate of drug-likeness (QED) is 0.773. The normalized spacial score (nSPS) is 17.0. The lowest BCUT2D eigenvalue weighted by molar-refractivity contribution is -0.0338. The molecular weight excluding hydrogens is 406 g/mol. The first kappa shape index (κ1) is 22.3. The number of amides is 1. The molecule has 30 heavy (non-hydrogen) atoms. The first-order valence-electron chi connectivity index (χ1n) is 9.95. The summed E-state index contributed by atoms with van der Waals surface area (Å²) < 4.78 is 35.3. The Morgan fingerprint density at radius 3 is 2.30 bits per heavy atom. The fraction of sp³-hybridized carbons (Fsp3) is 0.524. The van der Waals surface area contributed by atoms with Crippen molar-refractivity contribution in [3.8, 4) is 0 Å². The molecule has 8 nitrogen and oxygen atoms in total. The number of carbonyl (C=O) groups excluding carboxylic acids is 1. The molecule has 1 fully saturated rings. The number of hydrogen-bond donors (Lipinski definition) is 1. The molecule has 0 radical (unpaired) electrons. The van der Waals surface area contributed by atoms with Crippen LogP contribution in [0.5, 0.6) is 0 Å². The van der Waals surface area contributed by atoms with E-state index in [0.717, 1.165) is 11.1 Å². The fourth-order valence-electron chi connectivity index (χ4n) is 3.34. The highest BCUT2D eigenvalue weighted by molar-refractivity contribution is 7.90.